The first-order valence-electron chi connectivity index (χ1n) is 5.29. The van der Waals surface area contributed by atoms with E-state index in [9.17, 15) is 4.79 Å². The van der Waals surface area contributed by atoms with Gasteiger partial charge in [-0.25, -0.2) is 0 Å². The molecule has 2 aromatic heterocycles. The van der Waals surface area contributed by atoms with Crippen molar-refractivity contribution in [3.8, 4) is 0 Å². The van der Waals surface area contributed by atoms with Crippen molar-refractivity contribution in [2.45, 2.75) is 13.0 Å². The molecule has 1 atom stereocenters. The second kappa shape index (κ2) is 4.47. The van der Waals surface area contributed by atoms with E-state index < -0.39 is 6.04 Å². The van der Waals surface area contributed by atoms with Gasteiger partial charge in [-0.3, -0.25) is 14.5 Å². The summed E-state index contributed by atoms with van der Waals surface area (Å²) >= 11 is 0. The lowest BCUT2D eigenvalue weighted by molar-refractivity contribution is 0.0961. The highest BCUT2D eigenvalue weighted by molar-refractivity contribution is 6.00. The quantitative estimate of drug-likeness (QED) is 0.798. The fourth-order valence-electron chi connectivity index (χ4n) is 1.55. The molecule has 0 saturated carbocycles. The van der Waals surface area contributed by atoms with Crippen LogP contribution in [0.1, 0.15) is 27.7 Å². The molecule has 0 saturated heterocycles. The summed E-state index contributed by atoms with van der Waals surface area (Å²) in [5.74, 6) is -0.148. The summed E-state index contributed by atoms with van der Waals surface area (Å²) in [6.07, 6.45) is 4.89. The zero-order valence-corrected chi connectivity index (χ0v) is 9.79. The molecule has 88 valence electrons. The molecule has 5 nitrogen and oxygen atoms in total. The zero-order chi connectivity index (χ0) is 12.4. The van der Waals surface area contributed by atoms with Crippen LogP contribution in [0.2, 0.25) is 0 Å². The van der Waals surface area contributed by atoms with E-state index in [0.29, 0.717) is 11.1 Å². The molecule has 0 aromatic carbocycles. The number of Topliss-reactive ketones (excluding diaryl/α,β-unsaturated/α-hetero) is 1. The predicted molar refractivity (Wildman–Crippen MR) is 63.4 cm³/mol. The van der Waals surface area contributed by atoms with E-state index in [0.717, 1.165) is 5.69 Å². The second-order valence-corrected chi connectivity index (χ2v) is 3.98. The number of ketones is 1. The summed E-state index contributed by atoms with van der Waals surface area (Å²) in [5, 5.41) is 4.00. The molecule has 2 aromatic rings. The van der Waals surface area contributed by atoms with Crippen LogP contribution < -0.4 is 5.73 Å². The first kappa shape index (κ1) is 11.5. The monoisotopic (exact) mass is 230 g/mol. The first-order chi connectivity index (χ1) is 8.08. The van der Waals surface area contributed by atoms with Gasteiger partial charge >= 0.3 is 0 Å². The van der Waals surface area contributed by atoms with Crippen LogP contribution in [-0.4, -0.2) is 20.5 Å². The van der Waals surface area contributed by atoms with Crippen molar-refractivity contribution in [2.75, 3.05) is 0 Å². The Morgan fingerprint density at radius 3 is 2.71 bits per heavy atom. The normalized spacial score (nSPS) is 12.4. The van der Waals surface area contributed by atoms with Crippen molar-refractivity contribution < 1.29 is 4.79 Å². The standard InChI is InChI=1S/C12H14N4O/c1-8-3-4-9(5-14-8)12(17)11(13)10-6-15-16(2)7-10/h3-7,11H,13H2,1-2H3. The minimum Gasteiger partial charge on any atom is -0.317 e. The van der Waals surface area contributed by atoms with Crippen LogP contribution in [0.4, 0.5) is 0 Å². The van der Waals surface area contributed by atoms with Gasteiger partial charge in [0.15, 0.2) is 5.78 Å². The van der Waals surface area contributed by atoms with Crippen LogP contribution >= 0.6 is 0 Å². The van der Waals surface area contributed by atoms with Crippen molar-refractivity contribution in [1.82, 2.24) is 14.8 Å². The molecule has 2 N–H and O–H groups in total. The highest BCUT2D eigenvalue weighted by Crippen LogP contribution is 2.14. The van der Waals surface area contributed by atoms with Crippen molar-refractivity contribution in [1.29, 1.82) is 0 Å². The van der Waals surface area contributed by atoms with E-state index in [1.807, 2.05) is 6.92 Å². The molecule has 0 amide bonds. The topological polar surface area (TPSA) is 73.8 Å². The number of hydrogen-bond acceptors (Lipinski definition) is 4. The largest absolute Gasteiger partial charge is 0.317 e. The summed E-state index contributed by atoms with van der Waals surface area (Å²) in [4.78, 5) is 16.1. The third-order valence-electron chi connectivity index (χ3n) is 2.56. The van der Waals surface area contributed by atoms with Gasteiger partial charge in [0.1, 0.15) is 0 Å². The van der Waals surface area contributed by atoms with E-state index in [2.05, 4.69) is 10.1 Å². The van der Waals surface area contributed by atoms with Crippen LogP contribution in [0.5, 0.6) is 0 Å². The van der Waals surface area contributed by atoms with Gasteiger partial charge in [-0.05, 0) is 19.1 Å². The third kappa shape index (κ3) is 2.39. The molecule has 0 radical (unpaired) electrons. The molecule has 1 unspecified atom stereocenters. The first-order valence-corrected chi connectivity index (χ1v) is 5.29. The van der Waals surface area contributed by atoms with Crippen molar-refractivity contribution >= 4 is 5.78 Å². The molecule has 2 rings (SSSR count). The molecule has 5 heteroatoms. The average Bonchev–Trinajstić information content (AvgIpc) is 2.75. The van der Waals surface area contributed by atoms with Crippen molar-refractivity contribution in [2.24, 2.45) is 12.8 Å². The molecule has 0 bridgehead atoms. The third-order valence-corrected chi connectivity index (χ3v) is 2.56. The van der Waals surface area contributed by atoms with Gasteiger partial charge in [-0.15, -0.1) is 0 Å². The van der Waals surface area contributed by atoms with Gasteiger partial charge in [-0.1, -0.05) is 0 Å². The minimum atomic E-state index is -0.687. The van der Waals surface area contributed by atoms with Gasteiger partial charge in [-0.2, -0.15) is 5.10 Å². The van der Waals surface area contributed by atoms with Crippen molar-refractivity contribution in [3.05, 3.63) is 47.5 Å². The van der Waals surface area contributed by atoms with E-state index >= 15 is 0 Å². The fourth-order valence-corrected chi connectivity index (χ4v) is 1.55. The number of carbonyl (C=O) groups is 1. The maximum absolute atomic E-state index is 12.1. The molecule has 2 heterocycles. The zero-order valence-electron chi connectivity index (χ0n) is 9.79. The van der Waals surface area contributed by atoms with E-state index in [1.165, 1.54) is 0 Å². The highest BCUT2D eigenvalue weighted by Gasteiger charge is 2.19. The Morgan fingerprint density at radius 1 is 1.41 bits per heavy atom. The SMILES string of the molecule is Cc1ccc(C(=O)C(N)c2cnn(C)c2)cn1. The Hall–Kier alpha value is -2.01. The summed E-state index contributed by atoms with van der Waals surface area (Å²) in [6, 6.07) is 2.84. The Bertz CT molecular complexity index is 530. The molecule has 17 heavy (non-hydrogen) atoms. The summed E-state index contributed by atoms with van der Waals surface area (Å²) in [5.41, 5.74) is 7.99. The fraction of sp³-hybridized carbons (Fsp3) is 0.250. The average molecular weight is 230 g/mol. The molecule has 0 spiro atoms. The molecular formula is C12H14N4O. The van der Waals surface area contributed by atoms with Crippen molar-refractivity contribution in [3.63, 3.8) is 0 Å². The van der Waals surface area contributed by atoms with Gasteiger partial charge in [0.05, 0.1) is 12.2 Å². The Kier molecular flexibility index (Phi) is 3.01. The summed E-state index contributed by atoms with van der Waals surface area (Å²) < 4.78 is 1.62. The van der Waals surface area contributed by atoms with Gasteiger partial charge in [0.25, 0.3) is 0 Å². The highest BCUT2D eigenvalue weighted by atomic mass is 16.1. The lowest BCUT2D eigenvalue weighted by atomic mass is 10.0. The summed E-state index contributed by atoms with van der Waals surface area (Å²) in [7, 11) is 1.79. The van der Waals surface area contributed by atoms with Gasteiger partial charge in [0, 0.05) is 36.3 Å². The molecule has 0 aliphatic rings. The summed E-state index contributed by atoms with van der Waals surface area (Å²) in [6.45, 7) is 1.87. The number of carbonyl (C=O) groups excluding carboxylic acids is 1. The van der Waals surface area contributed by atoms with Crippen LogP contribution in [0.25, 0.3) is 0 Å². The molecular weight excluding hydrogens is 216 g/mol. The maximum atomic E-state index is 12.1. The maximum Gasteiger partial charge on any atom is 0.185 e. The molecule has 0 aliphatic heterocycles. The number of pyridine rings is 1. The Balaban J connectivity index is 2.23. The van der Waals surface area contributed by atoms with Crippen LogP contribution in [0.3, 0.4) is 0 Å². The van der Waals surface area contributed by atoms with Gasteiger partial charge < -0.3 is 5.73 Å². The number of nitrogens with zero attached hydrogens (tertiary/aromatic N) is 3. The Morgan fingerprint density at radius 2 is 2.18 bits per heavy atom. The van der Waals surface area contributed by atoms with Crippen LogP contribution in [0, 0.1) is 6.92 Å². The number of aromatic nitrogens is 3. The number of rotatable bonds is 3. The van der Waals surface area contributed by atoms with E-state index in [1.54, 1.807) is 42.5 Å². The smallest absolute Gasteiger partial charge is 0.185 e. The number of nitrogens with two attached hydrogens (primary N) is 1. The lowest BCUT2D eigenvalue weighted by Crippen LogP contribution is -2.21. The number of aryl methyl sites for hydroxylation is 2. The van der Waals surface area contributed by atoms with Gasteiger partial charge in [0.2, 0.25) is 0 Å². The lowest BCUT2D eigenvalue weighted by Gasteiger charge is -2.08. The van der Waals surface area contributed by atoms with Crippen LogP contribution in [0.15, 0.2) is 30.7 Å². The minimum absolute atomic E-state index is 0.148. The Labute approximate surface area is 99.3 Å². The molecule has 0 fully saturated rings. The predicted octanol–water partition coefficient (Wildman–Crippen LogP) is 1.01. The van der Waals surface area contributed by atoms with E-state index in [-0.39, 0.29) is 5.78 Å². The van der Waals surface area contributed by atoms with E-state index in [4.69, 9.17) is 5.73 Å². The number of hydrogen-bond donors (Lipinski definition) is 1. The second-order valence-electron chi connectivity index (χ2n) is 3.98. The van der Waals surface area contributed by atoms with Crippen LogP contribution in [-0.2, 0) is 7.05 Å². The molecule has 0 aliphatic carbocycles.